The molecule has 0 amide bonds. The van der Waals surface area contributed by atoms with E-state index in [0.717, 1.165) is 26.9 Å². The van der Waals surface area contributed by atoms with Gasteiger partial charge >= 0.3 is 12.1 Å². The molecule has 6 nitrogen and oxygen atoms in total. The van der Waals surface area contributed by atoms with Crippen molar-refractivity contribution in [1.29, 1.82) is 0 Å². The fourth-order valence-electron chi connectivity index (χ4n) is 5.02. The molecular weight excluding hydrogens is 625 g/mol. The molecular formula is C34H26ClF3N2O4S. The summed E-state index contributed by atoms with van der Waals surface area (Å²) >= 11 is 7.26. The maximum atomic E-state index is 13.7. The van der Waals surface area contributed by atoms with Crippen molar-refractivity contribution in [3.05, 3.63) is 112 Å². The zero-order chi connectivity index (χ0) is 32.3. The molecule has 0 radical (unpaired) electrons. The van der Waals surface area contributed by atoms with Gasteiger partial charge in [0.15, 0.2) is 5.78 Å². The van der Waals surface area contributed by atoms with Crippen LogP contribution in [0.2, 0.25) is 5.02 Å². The standard InChI is InChI=1S/C34H26ClF3N2O4S/c1-3-40-29-14-8-21(31(41)25-7-5-4-6-20(25)2)18-26(29)27-19-22(9-15-30(27)40)32(42)28(39-44-33(43)34(36,37)38)16-17-45-24-12-10-23(35)11-13-24/h4-15,18-19H,3,16-17H2,1-2H3. The Morgan fingerprint density at radius 1 is 0.889 bits per heavy atom. The van der Waals surface area contributed by atoms with E-state index in [0.29, 0.717) is 28.1 Å². The second-order valence-corrected chi connectivity index (χ2v) is 11.8. The van der Waals surface area contributed by atoms with E-state index in [1.165, 1.54) is 11.8 Å². The molecule has 5 aromatic rings. The lowest BCUT2D eigenvalue weighted by molar-refractivity contribution is -0.199. The topological polar surface area (TPSA) is 77.7 Å². The third-order valence-corrected chi connectivity index (χ3v) is 8.51. The molecule has 0 N–H and O–H groups in total. The molecule has 0 fully saturated rings. The van der Waals surface area contributed by atoms with Crippen molar-refractivity contribution in [2.24, 2.45) is 5.16 Å². The number of aryl methyl sites for hydroxylation is 2. The van der Waals surface area contributed by atoms with Crippen LogP contribution in [0.3, 0.4) is 0 Å². The Bertz CT molecular complexity index is 1970. The van der Waals surface area contributed by atoms with E-state index < -0.39 is 17.9 Å². The van der Waals surface area contributed by atoms with Gasteiger partial charge in [-0.05, 0) is 80.1 Å². The summed E-state index contributed by atoms with van der Waals surface area (Å²) in [4.78, 5) is 43.4. The molecule has 0 spiro atoms. The summed E-state index contributed by atoms with van der Waals surface area (Å²) in [6.45, 7) is 4.45. The number of hydrogen-bond donors (Lipinski definition) is 0. The average Bonchev–Trinajstić information content (AvgIpc) is 3.34. The van der Waals surface area contributed by atoms with Gasteiger partial charge in [-0.3, -0.25) is 9.59 Å². The predicted molar refractivity (Wildman–Crippen MR) is 170 cm³/mol. The minimum Gasteiger partial charge on any atom is -0.341 e. The number of benzene rings is 4. The highest BCUT2D eigenvalue weighted by Crippen LogP contribution is 2.32. The number of Topliss-reactive ketones (excluding diaryl/α,β-unsaturated/α-hetero) is 1. The molecule has 0 saturated carbocycles. The molecule has 1 aromatic heterocycles. The van der Waals surface area contributed by atoms with E-state index >= 15 is 0 Å². The van der Waals surface area contributed by atoms with Crippen molar-refractivity contribution in [2.45, 2.75) is 37.9 Å². The van der Waals surface area contributed by atoms with Crippen molar-refractivity contribution < 1.29 is 32.4 Å². The summed E-state index contributed by atoms with van der Waals surface area (Å²) in [6.07, 6.45) is -5.36. The van der Waals surface area contributed by atoms with Gasteiger partial charge in [-0.1, -0.05) is 41.0 Å². The lowest BCUT2D eigenvalue weighted by Crippen LogP contribution is -2.25. The van der Waals surface area contributed by atoms with Gasteiger partial charge in [0, 0.05) is 67.1 Å². The Morgan fingerprint density at radius 3 is 2.13 bits per heavy atom. The minimum absolute atomic E-state index is 0.0822. The Balaban J connectivity index is 1.51. The van der Waals surface area contributed by atoms with Gasteiger partial charge in [-0.25, -0.2) is 4.79 Å². The second-order valence-electron chi connectivity index (χ2n) is 10.1. The number of rotatable bonds is 10. The van der Waals surface area contributed by atoms with Gasteiger partial charge in [-0.2, -0.15) is 13.2 Å². The molecule has 0 bridgehead atoms. The number of thioether (sulfide) groups is 1. The molecule has 5 rings (SSSR count). The van der Waals surface area contributed by atoms with Crippen molar-refractivity contribution in [3.8, 4) is 0 Å². The number of carbonyl (C=O) groups excluding carboxylic acids is 3. The average molecular weight is 651 g/mol. The molecule has 0 atom stereocenters. The number of hydrogen-bond acceptors (Lipinski definition) is 6. The van der Waals surface area contributed by atoms with Gasteiger partial charge in [0.1, 0.15) is 5.71 Å². The number of halogens is 4. The first-order valence-corrected chi connectivity index (χ1v) is 15.3. The number of carbonyl (C=O) groups is 3. The summed E-state index contributed by atoms with van der Waals surface area (Å²) in [5.41, 5.74) is 3.37. The van der Waals surface area contributed by atoms with Crippen molar-refractivity contribution in [3.63, 3.8) is 0 Å². The first-order chi connectivity index (χ1) is 21.5. The zero-order valence-electron chi connectivity index (χ0n) is 24.2. The lowest BCUT2D eigenvalue weighted by atomic mass is 9.97. The zero-order valence-corrected chi connectivity index (χ0v) is 25.7. The summed E-state index contributed by atoms with van der Waals surface area (Å²) in [6, 6.07) is 24.6. The molecule has 4 aromatic carbocycles. The molecule has 0 aliphatic heterocycles. The van der Waals surface area contributed by atoms with Crippen LogP contribution >= 0.6 is 23.4 Å². The molecule has 0 aliphatic carbocycles. The number of aromatic nitrogens is 1. The van der Waals surface area contributed by atoms with E-state index in [2.05, 4.69) is 9.99 Å². The van der Waals surface area contributed by atoms with Crippen LogP contribution in [0.1, 0.15) is 45.2 Å². The number of alkyl halides is 3. The molecule has 11 heteroatoms. The molecule has 0 saturated heterocycles. The maximum Gasteiger partial charge on any atom is 0.493 e. The van der Waals surface area contributed by atoms with Crippen LogP contribution in [0.25, 0.3) is 21.8 Å². The minimum atomic E-state index is -5.27. The summed E-state index contributed by atoms with van der Waals surface area (Å²) in [5.74, 6) is -3.09. The SMILES string of the molecule is CCn1c2ccc(C(=O)C(CCSc3ccc(Cl)cc3)=NOC(=O)C(F)(F)F)cc2c2cc(C(=O)c3ccccc3C)ccc21. The van der Waals surface area contributed by atoms with E-state index in [4.69, 9.17) is 11.6 Å². The van der Waals surface area contributed by atoms with Crippen molar-refractivity contribution in [1.82, 2.24) is 4.57 Å². The van der Waals surface area contributed by atoms with Crippen LogP contribution in [-0.4, -0.2) is 39.7 Å². The number of oxime groups is 1. The highest BCUT2D eigenvalue weighted by Gasteiger charge is 2.42. The van der Waals surface area contributed by atoms with Crippen molar-refractivity contribution in [2.75, 3.05) is 5.75 Å². The van der Waals surface area contributed by atoms with Gasteiger partial charge in [0.25, 0.3) is 0 Å². The Morgan fingerprint density at radius 2 is 1.51 bits per heavy atom. The first kappa shape index (κ1) is 32.0. The number of nitrogens with zero attached hydrogens (tertiary/aromatic N) is 2. The van der Waals surface area contributed by atoms with E-state index in [1.54, 1.807) is 66.7 Å². The van der Waals surface area contributed by atoms with Crippen LogP contribution in [0.5, 0.6) is 0 Å². The van der Waals surface area contributed by atoms with Crippen LogP contribution in [0, 0.1) is 6.92 Å². The Labute approximate surface area is 265 Å². The number of fused-ring (bicyclic) bond motifs is 3. The molecule has 0 aliphatic rings. The van der Waals surface area contributed by atoms with E-state index in [9.17, 15) is 27.6 Å². The number of ketones is 2. The van der Waals surface area contributed by atoms with Crippen LogP contribution in [0.15, 0.2) is 95.0 Å². The normalized spacial score (nSPS) is 12.1. The summed E-state index contributed by atoms with van der Waals surface area (Å²) < 4.78 is 40.6. The summed E-state index contributed by atoms with van der Waals surface area (Å²) in [5, 5.41) is 5.33. The van der Waals surface area contributed by atoms with Crippen LogP contribution < -0.4 is 0 Å². The van der Waals surface area contributed by atoms with E-state index in [-0.39, 0.29) is 29.2 Å². The third-order valence-electron chi connectivity index (χ3n) is 7.25. The molecule has 0 unspecified atom stereocenters. The van der Waals surface area contributed by atoms with Gasteiger partial charge in [0.2, 0.25) is 5.78 Å². The Kier molecular flexibility index (Phi) is 9.45. The largest absolute Gasteiger partial charge is 0.493 e. The summed E-state index contributed by atoms with van der Waals surface area (Å²) in [7, 11) is 0. The molecule has 45 heavy (non-hydrogen) atoms. The van der Waals surface area contributed by atoms with Crippen LogP contribution in [-0.2, 0) is 16.2 Å². The van der Waals surface area contributed by atoms with Gasteiger partial charge in [0.05, 0.1) is 0 Å². The second kappa shape index (κ2) is 13.3. The Hall–Kier alpha value is -4.41. The van der Waals surface area contributed by atoms with Crippen LogP contribution in [0.4, 0.5) is 13.2 Å². The highest BCUT2D eigenvalue weighted by atomic mass is 35.5. The quantitative estimate of drug-likeness (QED) is 0.0496. The lowest BCUT2D eigenvalue weighted by Gasteiger charge is -2.08. The van der Waals surface area contributed by atoms with Crippen molar-refractivity contribution >= 4 is 68.4 Å². The highest BCUT2D eigenvalue weighted by molar-refractivity contribution is 7.99. The monoisotopic (exact) mass is 650 g/mol. The maximum absolute atomic E-state index is 13.7. The molecule has 230 valence electrons. The fraction of sp³-hybridized carbons (Fsp3) is 0.176. The smallest absolute Gasteiger partial charge is 0.341 e. The predicted octanol–water partition coefficient (Wildman–Crippen LogP) is 8.83. The van der Waals surface area contributed by atoms with Gasteiger partial charge < -0.3 is 9.40 Å². The molecule has 1 heterocycles. The van der Waals surface area contributed by atoms with Gasteiger partial charge in [-0.15, -0.1) is 11.8 Å². The fourth-order valence-corrected chi connectivity index (χ4v) is 6.01. The van der Waals surface area contributed by atoms with E-state index in [1.807, 2.05) is 36.6 Å². The first-order valence-electron chi connectivity index (χ1n) is 13.9. The third kappa shape index (κ3) is 6.97.